The number of nitrogen functional groups attached to an aromatic ring is 2. The summed E-state index contributed by atoms with van der Waals surface area (Å²) in [5.41, 5.74) is 17.2. The fourth-order valence-electron chi connectivity index (χ4n) is 3.23. The first kappa shape index (κ1) is 19.2. The zero-order valence-electron chi connectivity index (χ0n) is 16.6. The number of para-hydroxylation sites is 1. The number of aromatic nitrogens is 1. The first-order valence-electron chi connectivity index (χ1n) is 9.56. The summed E-state index contributed by atoms with van der Waals surface area (Å²) >= 11 is 0. The Balaban J connectivity index is 1.74. The maximum absolute atomic E-state index is 7.99. The quantitative estimate of drug-likeness (QED) is 0.312. The molecule has 0 radical (unpaired) electrons. The minimum absolute atomic E-state index is 0.116. The van der Waals surface area contributed by atoms with Gasteiger partial charge in [-0.25, -0.2) is 4.98 Å². The summed E-state index contributed by atoms with van der Waals surface area (Å²) in [6, 6.07) is 26.9. The van der Waals surface area contributed by atoms with Gasteiger partial charge in [0.25, 0.3) is 0 Å². The summed E-state index contributed by atoms with van der Waals surface area (Å²) in [7, 11) is 0. The Morgan fingerprint density at radius 1 is 0.833 bits per heavy atom. The number of rotatable bonds is 5. The SMILES string of the molecule is Cc1ccc(-c2cc(N)c(C(=N)N)c(-c3ccc(Oc4ccccc4)cc3)n2)cc1. The van der Waals surface area contributed by atoms with Gasteiger partial charge in [0.1, 0.15) is 17.3 Å². The van der Waals surface area contributed by atoms with Crippen LogP contribution in [0.1, 0.15) is 11.1 Å². The van der Waals surface area contributed by atoms with Crippen molar-refractivity contribution in [2.45, 2.75) is 6.92 Å². The highest BCUT2D eigenvalue weighted by Gasteiger charge is 2.16. The van der Waals surface area contributed by atoms with Crippen LogP contribution in [0.25, 0.3) is 22.5 Å². The third-order valence-corrected chi connectivity index (χ3v) is 4.77. The molecule has 1 aromatic heterocycles. The molecule has 0 aliphatic heterocycles. The van der Waals surface area contributed by atoms with Gasteiger partial charge in [0.05, 0.1) is 17.0 Å². The maximum atomic E-state index is 7.99. The number of hydrogen-bond donors (Lipinski definition) is 3. The Hall–Kier alpha value is -4.12. The molecule has 5 heteroatoms. The molecule has 3 aromatic carbocycles. The number of anilines is 1. The molecular weight excluding hydrogens is 372 g/mol. The normalized spacial score (nSPS) is 10.6. The largest absolute Gasteiger partial charge is 0.457 e. The first-order chi connectivity index (χ1) is 14.5. The second-order valence-corrected chi connectivity index (χ2v) is 7.04. The van der Waals surface area contributed by atoms with Crippen molar-refractivity contribution in [1.82, 2.24) is 4.98 Å². The Morgan fingerprint density at radius 2 is 1.43 bits per heavy atom. The van der Waals surface area contributed by atoms with Crippen LogP contribution >= 0.6 is 0 Å². The van der Waals surface area contributed by atoms with Crippen LogP contribution in [0.3, 0.4) is 0 Å². The van der Waals surface area contributed by atoms with Crippen molar-refractivity contribution in [2.24, 2.45) is 5.73 Å². The third kappa shape index (κ3) is 4.00. The summed E-state index contributed by atoms with van der Waals surface area (Å²) in [5.74, 6) is 1.35. The van der Waals surface area contributed by atoms with Crippen LogP contribution in [0.4, 0.5) is 5.69 Å². The molecule has 0 amide bonds. The highest BCUT2D eigenvalue weighted by molar-refractivity contribution is 6.05. The van der Waals surface area contributed by atoms with Crippen molar-refractivity contribution in [1.29, 1.82) is 5.41 Å². The average Bonchev–Trinajstić information content (AvgIpc) is 2.75. The van der Waals surface area contributed by atoms with Crippen LogP contribution in [0.2, 0.25) is 0 Å². The molecule has 0 aliphatic rings. The lowest BCUT2D eigenvalue weighted by molar-refractivity contribution is 0.483. The predicted molar refractivity (Wildman–Crippen MR) is 122 cm³/mol. The van der Waals surface area contributed by atoms with E-state index >= 15 is 0 Å². The molecule has 5 N–H and O–H groups in total. The van der Waals surface area contributed by atoms with Gasteiger partial charge in [-0.05, 0) is 49.4 Å². The summed E-state index contributed by atoms with van der Waals surface area (Å²) in [6.07, 6.45) is 0. The number of hydrogen-bond acceptors (Lipinski definition) is 4. The lowest BCUT2D eigenvalue weighted by atomic mass is 10.0. The number of nitrogens with two attached hydrogens (primary N) is 2. The molecule has 0 saturated heterocycles. The van der Waals surface area contributed by atoms with Gasteiger partial charge in [-0.1, -0.05) is 48.0 Å². The van der Waals surface area contributed by atoms with E-state index in [9.17, 15) is 0 Å². The van der Waals surface area contributed by atoms with E-state index in [1.807, 2.05) is 85.8 Å². The fraction of sp³-hybridized carbons (Fsp3) is 0.0400. The van der Waals surface area contributed by atoms with Crippen molar-refractivity contribution in [3.63, 3.8) is 0 Å². The standard InChI is InChI=1S/C25H22N4O/c1-16-7-9-17(10-8-16)22-15-21(26)23(25(27)28)24(29-22)18-11-13-20(14-12-18)30-19-5-3-2-4-6-19/h2-15H,1H3,(H2,26,29)(H3,27,28). The molecule has 0 bridgehead atoms. The Labute approximate surface area is 175 Å². The number of ether oxygens (including phenoxy) is 1. The molecule has 0 fully saturated rings. The molecule has 148 valence electrons. The molecule has 1 heterocycles. The minimum atomic E-state index is -0.116. The highest BCUT2D eigenvalue weighted by Crippen LogP contribution is 2.32. The van der Waals surface area contributed by atoms with E-state index in [-0.39, 0.29) is 5.84 Å². The third-order valence-electron chi connectivity index (χ3n) is 4.77. The van der Waals surface area contributed by atoms with Crippen LogP contribution in [0.15, 0.2) is 84.9 Å². The van der Waals surface area contributed by atoms with Crippen molar-refractivity contribution < 1.29 is 4.74 Å². The lowest BCUT2D eigenvalue weighted by Crippen LogP contribution is -2.16. The van der Waals surface area contributed by atoms with E-state index < -0.39 is 0 Å². The number of amidine groups is 1. The average molecular weight is 394 g/mol. The summed E-state index contributed by atoms with van der Waals surface area (Å²) in [6.45, 7) is 2.04. The van der Waals surface area contributed by atoms with E-state index in [0.717, 1.165) is 22.6 Å². The molecule has 0 aliphatic carbocycles. The predicted octanol–water partition coefficient (Wildman–Crippen LogP) is 5.38. The van der Waals surface area contributed by atoms with Crippen molar-refractivity contribution >= 4 is 11.5 Å². The molecule has 0 spiro atoms. The second kappa shape index (κ2) is 8.09. The van der Waals surface area contributed by atoms with Crippen molar-refractivity contribution in [3.05, 3.63) is 96.1 Å². The second-order valence-electron chi connectivity index (χ2n) is 7.04. The Morgan fingerprint density at radius 3 is 2.07 bits per heavy atom. The van der Waals surface area contributed by atoms with Gasteiger partial charge in [0.2, 0.25) is 0 Å². The summed E-state index contributed by atoms with van der Waals surface area (Å²) in [4.78, 5) is 4.80. The molecule has 0 atom stereocenters. The topological polar surface area (TPSA) is 98.0 Å². The maximum Gasteiger partial charge on any atom is 0.127 e. The van der Waals surface area contributed by atoms with E-state index in [0.29, 0.717) is 22.7 Å². The molecule has 5 nitrogen and oxygen atoms in total. The smallest absolute Gasteiger partial charge is 0.127 e. The Bertz CT molecular complexity index is 1180. The van der Waals surface area contributed by atoms with E-state index in [1.54, 1.807) is 6.07 Å². The molecular formula is C25H22N4O. The van der Waals surface area contributed by atoms with E-state index in [4.69, 9.17) is 26.6 Å². The zero-order chi connectivity index (χ0) is 21.1. The fourth-order valence-corrected chi connectivity index (χ4v) is 3.23. The number of aryl methyl sites for hydroxylation is 1. The van der Waals surface area contributed by atoms with E-state index in [1.165, 1.54) is 5.56 Å². The van der Waals surface area contributed by atoms with Gasteiger partial charge < -0.3 is 16.2 Å². The molecule has 4 aromatic rings. The summed E-state index contributed by atoms with van der Waals surface area (Å²) in [5, 5.41) is 7.99. The number of pyridine rings is 1. The van der Waals surface area contributed by atoms with Crippen molar-refractivity contribution in [3.8, 4) is 34.0 Å². The van der Waals surface area contributed by atoms with E-state index in [2.05, 4.69) is 0 Å². The molecule has 30 heavy (non-hydrogen) atoms. The van der Waals surface area contributed by atoms with Gasteiger partial charge in [-0.15, -0.1) is 0 Å². The minimum Gasteiger partial charge on any atom is -0.457 e. The van der Waals surface area contributed by atoms with Gasteiger partial charge in [-0.2, -0.15) is 0 Å². The van der Waals surface area contributed by atoms with Crippen LogP contribution < -0.4 is 16.2 Å². The van der Waals surface area contributed by atoms with Crippen LogP contribution in [-0.4, -0.2) is 10.8 Å². The molecule has 4 rings (SSSR count). The number of nitrogens with zero attached hydrogens (tertiary/aromatic N) is 1. The van der Waals surface area contributed by atoms with Gasteiger partial charge in [-0.3, -0.25) is 5.41 Å². The Kier molecular flexibility index (Phi) is 5.18. The van der Waals surface area contributed by atoms with Crippen LogP contribution in [0.5, 0.6) is 11.5 Å². The first-order valence-corrected chi connectivity index (χ1v) is 9.56. The van der Waals surface area contributed by atoms with Crippen molar-refractivity contribution in [2.75, 3.05) is 5.73 Å². The zero-order valence-corrected chi connectivity index (χ0v) is 16.6. The molecule has 0 saturated carbocycles. The van der Waals surface area contributed by atoms with Crippen LogP contribution in [-0.2, 0) is 0 Å². The number of benzene rings is 3. The number of nitrogens with one attached hydrogen (secondary N) is 1. The van der Waals surface area contributed by atoms with Crippen LogP contribution in [0, 0.1) is 12.3 Å². The van der Waals surface area contributed by atoms with Gasteiger partial charge >= 0.3 is 0 Å². The summed E-state index contributed by atoms with van der Waals surface area (Å²) < 4.78 is 5.86. The monoisotopic (exact) mass is 394 g/mol. The highest BCUT2D eigenvalue weighted by atomic mass is 16.5. The molecule has 0 unspecified atom stereocenters. The lowest BCUT2D eigenvalue weighted by Gasteiger charge is -2.14. The van der Waals surface area contributed by atoms with Gasteiger partial charge in [0.15, 0.2) is 0 Å². The van der Waals surface area contributed by atoms with Gasteiger partial charge in [0, 0.05) is 16.8 Å².